The van der Waals surface area contributed by atoms with Gasteiger partial charge in [0.15, 0.2) is 0 Å². The quantitative estimate of drug-likeness (QED) is 0.899. The Labute approximate surface area is 111 Å². The lowest BCUT2D eigenvalue weighted by Crippen LogP contribution is -2.44. The molecule has 1 aromatic carbocycles. The van der Waals surface area contributed by atoms with Crippen LogP contribution in [-0.4, -0.2) is 29.4 Å². The van der Waals surface area contributed by atoms with Crippen LogP contribution in [0, 0.1) is 0 Å². The van der Waals surface area contributed by atoms with E-state index in [1.807, 2.05) is 44.0 Å². The summed E-state index contributed by atoms with van der Waals surface area (Å²) in [7, 11) is 1.94. The molecular weight excluding hydrogens is 282 g/mol. The number of aliphatic hydroxyl groups excluding tert-OH is 2. The summed E-state index contributed by atoms with van der Waals surface area (Å²) in [6, 6.07) is 5.80. The van der Waals surface area contributed by atoms with E-state index in [1.54, 1.807) is 6.92 Å². The fourth-order valence-electron chi connectivity index (χ4n) is 1.52. The van der Waals surface area contributed by atoms with Crippen LogP contribution >= 0.6 is 15.9 Å². The van der Waals surface area contributed by atoms with Crippen molar-refractivity contribution in [2.24, 2.45) is 0 Å². The molecule has 0 aromatic heterocycles. The predicted octanol–water partition coefficient (Wildman–Crippen LogP) is 2.71. The lowest BCUT2D eigenvalue weighted by atomic mass is 10.0. The molecule has 0 fully saturated rings. The molecule has 0 amide bonds. The molecule has 0 aliphatic heterocycles. The van der Waals surface area contributed by atoms with Crippen molar-refractivity contribution in [3.05, 3.63) is 28.2 Å². The minimum atomic E-state index is -0.491. The molecule has 0 aliphatic carbocycles. The summed E-state index contributed by atoms with van der Waals surface area (Å²) in [6.45, 7) is 5.77. The van der Waals surface area contributed by atoms with Crippen molar-refractivity contribution >= 4 is 21.6 Å². The third-order valence-corrected chi connectivity index (χ3v) is 3.80. The molecule has 2 N–H and O–H groups in total. The van der Waals surface area contributed by atoms with Gasteiger partial charge < -0.3 is 15.1 Å². The Morgan fingerprint density at radius 1 is 1.41 bits per heavy atom. The number of hydrogen-bond acceptors (Lipinski definition) is 3. The summed E-state index contributed by atoms with van der Waals surface area (Å²) in [5.74, 6) is 0. The van der Waals surface area contributed by atoms with Gasteiger partial charge in [-0.3, -0.25) is 0 Å². The largest absolute Gasteiger partial charge is 0.394 e. The lowest BCUT2D eigenvalue weighted by Gasteiger charge is -2.36. The Bertz CT molecular complexity index is 391. The zero-order valence-corrected chi connectivity index (χ0v) is 12.3. The molecule has 1 atom stereocenters. The van der Waals surface area contributed by atoms with Gasteiger partial charge in [-0.25, -0.2) is 0 Å². The van der Waals surface area contributed by atoms with Gasteiger partial charge in [0.1, 0.15) is 0 Å². The van der Waals surface area contributed by atoms with Crippen LogP contribution in [0.1, 0.15) is 32.4 Å². The molecule has 0 saturated carbocycles. The maximum atomic E-state index is 9.56. The van der Waals surface area contributed by atoms with E-state index in [-0.39, 0.29) is 12.1 Å². The van der Waals surface area contributed by atoms with E-state index in [1.165, 1.54) is 0 Å². The second-order valence-electron chi connectivity index (χ2n) is 4.91. The molecule has 17 heavy (non-hydrogen) atoms. The number of aliphatic hydroxyl groups is 2. The third-order valence-electron chi connectivity index (χ3n) is 3.12. The first-order chi connectivity index (χ1) is 7.79. The summed E-state index contributed by atoms with van der Waals surface area (Å²) in [5, 5.41) is 18.9. The molecule has 0 heterocycles. The van der Waals surface area contributed by atoms with Crippen LogP contribution in [0.15, 0.2) is 22.7 Å². The van der Waals surface area contributed by atoms with Gasteiger partial charge in [-0.1, -0.05) is 22.0 Å². The van der Waals surface area contributed by atoms with Crippen LogP contribution in [0.4, 0.5) is 5.69 Å². The summed E-state index contributed by atoms with van der Waals surface area (Å²) in [6.07, 6.45) is -0.491. The number of anilines is 1. The lowest BCUT2D eigenvalue weighted by molar-refractivity contribution is 0.198. The molecule has 1 aromatic rings. The van der Waals surface area contributed by atoms with Crippen molar-refractivity contribution < 1.29 is 10.2 Å². The minimum absolute atomic E-state index is 0.0826. The van der Waals surface area contributed by atoms with Crippen molar-refractivity contribution in [1.82, 2.24) is 0 Å². The van der Waals surface area contributed by atoms with Crippen LogP contribution in [0.3, 0.4) is 0 Å². The van der Waals surface area contributed by atoms with Crippen molar-refractivity contribution in [3.8, 4) is 0 Å². The highest BCUT2D eigenvalue weighted by Gasteiger charge is 2.23. The van der Waals surface area contributed by atoms with E-state index in [0.717, 1.165) is 15.7 Å². The Kier molecular flexibility index (Phi) is 4.58. The average molecular weight is 302 g/mol. The van der Waals surface area contributed by atoms with E-state index in [2.05, 4.69) is 15.9 Å². The van der Waals surface area contributed by atoms with Crippen LogP contribution in [-0.2, 0) is 0 Å². The second kappa shape index (κ2) is 5.38. The fraction of sp³-hybridized carbons (Fsp3) is 0.538. The first kappa shape index (κ1) is 14.5. The fourth-order valence-corrected chi connectivity index (χ4v) is 2.22. The smallest absolute Gasteiger partial charge is 0.0772 e. The van der Waals surface area contributed by atoms with Gasteiger partial charge in [0.05, 0.1) is 18.2 Å². The van der Waals surface area contributed by atoms with E-state index < -0.39 is 6.10 Å². The normalized spacial score (nSPS) is 13.6. The Morgan fingerprint density at radius 3 is 2.41 bits per heavy atom. The van der Waals surface area contributed by atoms with E-state index in [0.29, 0.717) is 0 Å². The maximum Gasteiger partial charge on any atom is 0.0772 e. The van der Waals surface area contributed by atoms with Gasteiger partial charge in [-0.05, 0) is 38.5 Å². The molecule has 0 bridgehead atoms. The van der Waals surface area contributed by atoms with Gasteiger partial charge in [-0.2, -0.15) is 0 Å². The number of hydrogen-bond donors (Lipinski definition) is 2. The number of nitrogens with zero attached hydrogens (tertiary/aromatic N) is 1. The summed E-state index contributed by atoms with van der Waals surface area (Å²) >= 11 is 3.46. The molecule has 96 valence electrons. The van der Waals surface area contributed by atoms with E-state index in [9.17, 15) is 10.2 Å². The van der Waals surface area contributed by atoms with Crippen molar-refractivity contribution in [3.63, 3.8) is 0 Å². The zero-order chi connectivity index (χ0) is 13.2. The van der Waals surface area contributed by atoms with Gasteiger partial charge >= 0.3 is 0 Å². The number of rotatable bonds is 4. The highest BCUT2D eigenvalue weighted by atomic mass is 79.9. The van der Waals surface area contributed by atoms with E-state index in [4.69, 9.17) is 0 Å². The second-order valence-corrected chi connectivity index (χ2v) is 5.77. The highest BCUT2D eigenvalue weighted by Crippen LogP contribution is 2.30. The Hall–Kier alpha value is -0.580. The van der Waals surface area contributed by atoms with Gasteiger partial charge in [0.2, 0.25) is 0 Å². The number of benzene rings is 1. The van der Waals surface area contributed by atoms with Crippen LogP contribution < -0.4 is 4.90 Å². The van der Waals surface area contributed by atoms with Crippen molar-refractivity contribution in [2.75, 3.05) is 18.6 Å². The first-order valence-corrected chi connectivity index (χ1v) is 6.41. The Balaban J connectivity index is 3.06. The molecule has 0 spiro atoms. The molecule has 3 nitrogen and oxygen atoms in total. The SMILES string of the molecule is CC(O)c1ccc(N(C)C(C)(C)CO)cc1Br. The molecule has 4 heteroatoms. The topological polar surface area (TPSA) is 43.7 Å². The molecule has 0 saturated heterocycles. The predicted molar refractivity (Wildman–Crippen MR) is 74.3 cm³/mol. The zero-order valence-electron chi connectivity index (χ0n) is 10.7. The van der Waals surface area contributed by atoms with Crippen molar-refractivity contribution in [1.29, 1.82) is 0 Å². The van der Waals surface area contributed by atoms with E-state index >= 15 is 0 Å². The molecule has 1 unspecified atom stereocenters. The Morgan fingerprint density at radius 2 is 2.00 bits per heavy atom. The summed E-state index contributed by atoms with van der Waals surface area (Å²) in [4.78, 5) is 2.02. The maximum absolute atomic E-state index is 9.56. The highest BCUT2D eigenvalue weighted by molar-refractivity contribution is 9.10. The summed E-state index contributed by atoms with van der Waals surface area (Å²) in [5.41, 5.74) is 1.55. The third kappa shape index (κ3) is 3.21. The van der Waals surface area contributed by atoms with Gasteiger partial charge in [0.25, 0.3) is 0 Å². The monoisotopic (exact) mass is 301 g/mol. The number of halogens is 1. The molecule has 1 rings (SSSR count). The molecular formula is C13H20BrNO2. The molecule has 0 aliphatic rings. The van der Waals surface area contributed by atoms with Gasteiger partial charge in [-0.15, -0.1) is 0 Å². The van der Waals surface area contributed by atoms with Crippen LogP contribution in [0.2, 0.25) is 0 Å². The standard InChI is InChI=1S/C13H20BrNO2/c1-9(17)11-6-5-10(7-12(11)14)15(4)13(2,3)8-16/h5-7,9,16-17H,8H2,1-4H3. The number of likely N-dealkylation sites (N-methyl/N-ethyl adjacent to an activating group) is 1. The van der Waals surface area contributed by atoms with Crippen LogP contribution in [0.5, 0.6) is 0 Å². The minimum Gasteiger partial charge on any atom is -0.394 e. The van der Waals surface area contributed by atoms with Crippen molar-refractivity contribution in [2.45, 2.75) is 32.4 Å². The van der Waals surface area contributed by atoms with Gasteiger partial charge in [0, 0.05) is 17.2 Å². The molecule has 0 radical (unpaired) electrons. The average Bonchev–Trinajstić information content (AvgIpc) is 2.27. The first-order valence-electron chi connectivity index (χ1n) is 5.62. The summed E-state index contributed by atoms with van der Waals surface area (Å²) < 4.78 is 0.880. The van der Waals surface area contributed by atoms with Crippen LogP contribution in [0.25, 0.3) is 0 Å².